The SMILES string of the molecule is CCOC(=O)C(=O)c1ccc(S(=O)(=O)C2CC2)c(Br)c1. The van der Waals surface area contributed by atoms with E-state index in [4.69, 9.17) is 0 Å². The predicted octanol–water partition coefficient (Wildman–Crippen LogP) is 2.13. The first-order chi connectivity index (χ1) is 9.37. The molecule has 1 aromatic rings. The average Bonchev–Trinajstić information content (AvgIpc) is 3.22. The summed E-state index contributed by atoms with van der Waals surface area (Å²) in [5.74, 6) is -1.74. The van der Waals surface area contributed by atoms with Gasteiger partial charge in [-0.3, -0.25) is 4.79 Å². The normalized spacial score (nSPS) is 14.9. The second-order valence-electron chi connectivity index (χ2n) is 4.44. The van der Waals surface area contributed by atoms with Gasteiger partial charge in [0, 0.05) is 10.0 Å². The fourth-order valence-electron chi connectivity index (χ4n) is 1.75. The molecule has 0 spiro atoms. The highest BCUT2D eigenvalue weighted by atomic mass is 79.9. The van der Waals surface area contributed by atoms with Crippen molar-refractivity contribution >= 4 is 37.5 Å². The number of ether oxygens (including phenoxy) is 1. The zero-order valence-electron chi connectivity index (χ0n) is 10.8. The number of carbonyl (C=O) groups is 2. The molecule has 0 radical (unpaired) electrons. The van der Waals surface area contributed by atoms with Gasteiger partial charge in [-0.15, -0.1) is 0 Å². The molecule has 1 saturated carbocycles. The second-order valence-corrected chi connectivity index (χ2v) is 7.49. The van der Waals surface area contributed by atoms with Crippen molar-refractivity contribution in [2.45, 2.75) is 29.9 Å². The summed E-state index contributed by atoms with van der Waals surface area (Å²) in [6.07, 6.45) is 1.33. The maximum atomic E-state index is 12.1. The summed E-state index contributed by atoms with van der Waals surface area (Å²) in [5, 5.41) is -0.328. The van der Waals surface area contributed by atoms with Crippen molar-refractivity contribution in [2.24, 2.45) is 0 Å². The molecule has 0 atom stereocenters. The first kappa shape index (κ1) is 15.2. The van der Waals surface area contributed by atoms with E-state index >= 15 is 0 Å². The molecule has 0 heterocycles. The van der Waals surface area contributed by atoms with Crippen LogP contribution in [0.25, 0.3) is 0 Å². The quantitative estimate of drug-likeness (QED) is 0.456. The second kappa shape index (κ2) is 5.65. The summed E-state index contributed by atoms with van der Waals surface area (Å²) >= 11 is 3.15. The molecule has 5 nitrogen and oxygen atoms in total. The standard InChI is InChI=1S/C13H13BrO5S/c1-2-19-13(16)12(15)8-3-6-11(10(14)7-8)20(17,18)9-4-5-9/h3,6-7,9H,2,4-5H2,1H3. The van der Waals surface area contributed by atoms with Crippen molar-refractivity contribution in [2.75, 3.05) is 6.61 Å². The van der Waals surface area contributed by atoms with E-state index in [2.05, 4.69) is 20.7 Å². The lowest BCUT2D eigenvalue weighted by atomic mass is 10.1. The molecule has 0 saturated heterocycles. The number of carbonyl (C=O) groups excluding carboxylic acids is 2. The zero-order valence-corrected chi connectivity index (χ0v) is 13.2. The third-order valence-electron chi connectivity index (χ3n) is 2.92. The van der Waals surface area contributed by atoms with Crippen LogP contribution >= 0.6 is 15.9 Å². The van der Waals surface area contributed by atoms with Gasteiger partial charge in [0.05, 0.1) is 16.8 Å². The fraction of sp³-hybridized carbons (Fsp3) is 0.385. The monoisotopic (exact) mass is 360 g/mol. The van der Waals surface area contributed by atoms with Crippen LogP contribution < -0.4 is 0 Å². The Hall–Kier alpha value is -1.21. The highest BCUT2D eigenvalue weighted by molar-refractivity contribution is 9.10. The molecule has 0 aliphatic heterocycles. The summed E-state index contributed by atoms with van der Waals surface area (Å²) < 4.78 is 29.2. The Morgan fingerprint density at radius 1 is 1.35 bits per heavy atom. The van der Waals surface area contributed by atoms with E-state index in [1.807, 2.05) is 0 Å². The van der Waals surface area contributed by atoms with E-state index in [0.29, 0.717) is 17.3 Å². The number of Topliss-reactive ketones (excluding diaryl/α,β-unsaturated/α-hetero) is 1. The minimum absolute atomic E-state index is 0.102. The van der Waals surface area contributed by atoms with Crippen LogP contribution in [-0.2, 0) is 19.4 Å². The first-order valence-corrected chi connectivity index (χ1v) is 8.46. The van der Waals surface area contributed by atoms with Crippen molar-refractivity contribution in [3.8, 4) is 0 Å². The van der Waals surface area contributed by atoms with Gasteiger partial charge in [0.15, 0.2) is 9.84 Å². The number of ketones is 1. The molecule has 2 rings (SSSR count). The van der Waals surface area contributed by atoms with Crippen LogP contribution in [0.15, 0.2) is 27.6 Å². The number of halogens is 1. The molecule has 0 unspecified atom stereocenters. The molecule has 7 heteroatoms. The largest absolute Gasteiger partial charge is 0.460 e. The smallest absolute Gasteiger partial charge is 0.379 e. The molecule has 0 amide bonds. The van der Waals surface area contributed by atoms with Gasteiger partial charge in [0.1, 0.15) is 0 Å². The summed E-state index contributed by atoms with van der Waals surface area (Å²) in [5.41, 5.74) is 0.102. The minimum atomic E-state index is -3.34. The summed E-state index contributed by atoms with van der Waals surface area (Å²) in [6, 6.07) is 4.03. The summed E-state index contributed by atoms with van der Waals surface area (Å²) in [7, 11) is -3.34. The highest BCUT2D eigenvalue weighted by Crippen LogP contribution is 2.36. The van der Waals surface area contributed by atoms with Crippen LogP contribution in [0, 0.1) is 0 Å². The molecule has 1 aliphatic carbocycles. The molecular formula is C13H13BrO5S. The van der Waals surface area contributed by atoms with Gasteiger partial charge in [0.2, 0.25) is 0 Å². The molecule has 1 aliphatic rings. The predicted molar refractivity (Wildman–Crippen MR) is 75.3 cm³/mol. The number of hydrogen-bond acceptors (Lipinski definition) is 5. The van der Waals surface area contributed by atoms with Gasteiger partial charge in [0.25, 0.3) is 5.78 Å². The van der Waals surface area contributed by atoms with Crippen LogP contribution in [0.1, 0.15) is 30.1 Å². The van der Waals surface area contributed by atoms with E-state index in [9.17, 15) is 18.0 Å². The lowest BCUT2D eigenvalue weighted by Crippen LogP contribution is -2.18. The third-order valence-corrected chi connectivity index (χ3v) is 6.16. The third kappa shape index (κ3) is 2.93. The maximum Gasteiger partial charge on any atom is 0.379 e. The Kier molecular flexibility index (Phi) is 4.29. The molecule has 0 N–H and O–H groups in total. The topological polar surface area (TPSA) is 77.5 Å². The van der Waals surface area contributed by atoms with Gasteiger partial charge in [-0.1, -0.05) is 0 Å². The van der Waals surface area contributed by atoms with Gasteiger partial charge in [-0.2, -0.15) is 0 Å². The van der Waals surface area contributed by atoms with Crippen molar-refractivity contribution in [1.29, 1.82) is 0 Å². The average molecular weight is 361 g/mol. The molecule has 0 bridgehead atoms. The van der Waals surface area contributed by atoms with Crippen LogP contribution in [0.4, 0.5) is 0 Å². The van der Waals surface area contributed by atoms with Crippen LogP contribution in [0.2, 0.25) is 0 Å². The number of rotatable bonds is 5. The lowest BCUT2D eigenvalue weighted by Gasteiger charge is -2.07. The molecule has 0 aromatic heterocycles. The van der Waals surface area contributed by atoms with Gasteiger partial charge in [-0.05, 0) is 53.9 Å². The Bertz CT molecular complexity index is 661. The van der Waals surface area contributed by atoms with Crippen molar-refractivity contribution in [3.63, 3.8) is 0 Å². The number of sulfone groups is 1. The minimum Gasteiger partial charge on any atom is -0.460 e. The van der Waals surface area contributed by atoms with Crippen LogP contribution in [-0.4, -0.2) is 32.0 Å². The Morgan fingerprint density at radius 2 is 2.00 bits per heavy atom. The number of esters is 1. The van der Waals surface area contributed by atoms with Crippen molar-refractivity contribution in [1.82, 2.24) is 0 Å². The highest BCUT2D eigenvalue weighted by Gasteiger charge is 2.38. The first-order valence-electron chi connectivity index (χ1n) is 6.12. The Balaban J connectivity index is 2.31. The van der Waals surface area contributed by atoms with Gasteiger partial charge >= 0.3 is 5.97 Å². The Morgan fingerprint density at radius 3 is 2.50 bits per heavy atom. The fourth-order valence-corrected chi connectivity index (χ4v) is 4.51. The molecule has 1 fully saturated rings. The summed E-state index contributed by atoms with van der Waals surface area (Å²) in [4.78, 5) is 23.3. The molecule has 1 aromatic carbocycles. The van der Waals surface area contributed by atoms with E-state index in [1.54, 1.807) is 6.92 Å². The summed E-state index contributed by atoms with van der Waals surface area (Å²) in [6.45, 7) is 1.71. The molecule has 108 valence electrons. The van der Waals surface area contributed by atoms with Crippen LogP contribution in [0.3, 0.4) is 0 Å². The Labute approximate surface area is 125 Å². The number of benzene rings is 1. The number of hydrogen-bond donors (Lipinski definition) is 0. The van der Waals surface area contributed by atoms with E-state index in [-0.39, 0.29) is 22.3 Å². The van der Waals surface area contributed by atoms with Crippen LogP contribution in [0.5, 0.6) is 0 Å². The maximum absolute atomic E-state index is 12.1. The van der Waals surface area contributed by atoms with E-state index in [1.165, 1.54) is 18.2 Å². The van der Waals surface area contributed by atoms with Crippen molar-refractivity contribution in [3.05, 3.63) is 28.2 Å². The van der Waals surface area contributed by atoms with Crippen molar-refractivity contribution < 1.29 is 22.7 Å². The zero-order chi connectivity index (χ0) is 14.9. The lowest BCUT2D eigenvalue weighted by molar-refractivity contribution is -0.137. The van der Waals surface area contributed by atoms with E-state index in [0.717, 1.165) is 0 Å². The molecule has 20 heavy (non-hydrogen) atoms. The van der Waals surface area contributed by atoms with E-state index < -0.39 is 21.6 Å². The van der Waals surface area contributed by atoms with Gasteiger partial charge in [-0.25, -0.2) is 13.2 Å². The molecular weight excluding hydrogens is 348 g/mol. The van der Waals surface area contributed by atoms with Gasteiger partial charge < -0.3 is 4.74 Å².